The van der Waals surface area contributed by atoms with Gasteiger partial charge < -0.3 is 5.32 Å². The second-order valence-corrected chi connectivity index (χ2v) is 11.3. The average molecular weight is 386 g/mol. The lowest BCUT2D eigenvalue weighted by molar-refractivity contribution is 0.208. The van der Waals surface area contributed by atoms with E-state index < -0.39 is 0 Å². The molecular formula is C21H27N3S2. The van der Waals surface area contributed by atoms with E-state index in [0.29, 0.717) is 5.92 Å². The minimum Gasteiger partial charge on any atom is -0.339 e. The predicted octanol–water partition coefficient (Wildman–Crippen LogP) is 5.24. The van der Waals surface area contributed by atoms with E-state index in [2.05, 4.69) is 40.6 Å². The number of hydrogen-bond acceptors (Lipinski definition) is 3. The Hall–Kier alpha value is -1.20. The largest absolute Gasteiger partial charge is 0.339 e. The Morgan fingerprint density at radius 2 is 2.04 bits per heavy atom. The van der Waals surface area contributed by atoms with Crippen LogP contribution in [0.5, 0.6) is 0 Å². The maximum Gasteiger partial charge on any atom is 0.152 e. The highest BCUT2D eigenvalue weighted by Gasteiger charge is 2.35. The zero-order chi connectivity index (χ0) is 17.7. The van der Waals surface area contributed by atoms with Crippen LogP contribution in [0, 0.1) is 18.8 Å². The van der Waals surface area contributed by atoms with Gasteiger partial charge in [-0.15, -0.1) is 9.45 Å². The Morgan fingerprint density at radius 3 is 2.85 bits per heavy atom. The van der Waals surface area contributed by atoms with Crippen molar-refractivity contribution in [3.05, 3.63) is 40.6 Å². The summed E-state index contributed by atoms with van der Waals surface area (Å²) in [5.74, 6) is 5.73. The van der Waals surface area contributed by atoms with Crippen LogP contribution in [-0.4, -0.2) is 10.2 Å². The molecule has 2 saturated carbocycles. The van der Waals surface area contributed by atoms with Crippen LogP contribution in [0.4, 0.5) is 11.5 Å². The van der Waals surface area contributed by atoms with Gasteiger partial charge in [0.25, 0.3) is 0 Å². The van der Waals surface area contributed by atoms with Crippen LogP contribution in [-0.2, 0) is 32.1 Å². The molecule has 5 heteroatoms. The smallest absolute Gasteiger partial charge is 0.152 e. The van der Waals surface area contributed by atoms with E-state index in [1.54, 1.807) is 0 Å². The molecule has 1 aromatic carbocycles. The fourth-order valence-electron chi connectivity index (χ4n) is 5.06. The second kappa shape index (κ2) is 6.75. The van der Waals surface area contributed by atoms with Crippen LogP contribution >= 0.6 is 0 Å². The third-order valence-electron chi connectivity index (χ3n) is 6.91. The van der Waals surface area contributed by atoms with E-state index in [4.69, 9.17) is 11.2 Å². The molecular weight excluding hydrogens is 358 g/mol. The van der Waals surface area contributed by atoms with Crippen LogP contribution in [0.3, 0.4) is 0 Å². The molecule has 2 fully saturated rings. The summed E-state index contributed by atoms with van der Waals surface area (Å²) in [7, 11) is 0.0982. The third kappa shape index (κ3) is 3.03. The number of benzene rings is 1. The van der Waals surface area contributed by atoms with Gasteiger partial charge in [-0.3, -0.25) is 5.10 Å². The van der Waals surface area contributed by atoms with Crippen molar-refractivity contribution in [2.45, 2.75) is 62.9 Å². The van der Waals surface area contributed by atoms with Gasteiger partial charge in [0.05, 0.1) is 0 Å². The van der Waals surface area contributed by atoms with Gasteiger partial charge in [-0.2, -0.15) is 5.10 Å². The monoisotopic (exact) mass is 385 g/mol. The second-order valence-electron chi connectivity index (χ2n) is 8.40. The first-order valence-electron chi connectivity index (χ1n) is 9.96. The Labute approximate surface area is 162 Å². The van der Waals surface area contributed by atoms with Crippen molar-refractivity contribution in [2.24, 2.45) is 11.8 Å². The molecule has 2 heterocycles. The van der Waals surface area contributed by atoms with E-state index in [-0.39, 0.29) is 9.45 Å². The molecule has 3 unspecified atom stereocenters. The topological polar surface area (TPSA) is 40.7 Å². The molecule has 3 aliphatic rings. The van der Waals surface area contributed by atoms with Gasteiger partial charge in [-0.05, 0) is 60.8 Å². The summed E-state index contributed by atoms with van der Waals surface area (Å²) in [6.45, 7) is 2.22. The van der Waals surface area contributed by atoms with Crippen molar-refractivity contribution < 1.29 is 0 Å². The van der Waals surface area contributed by atoms with Crippen LogP contribution < -0.4 is 5.32 Å². The number of fused-ring (bicyclic) bond motifs is 1. The fourth-order valence-corrected chi connectivity index (χ4v) is 7.23. The van der Waals surface area contributed by atoms with E-state index >= 15 is 0 Å². The van der Waals surface area contributed by atoms with E-state index in [1.165, 1.54) is 66.6 Å². The molecule has 138 valence electrons. The first-order chi connectivity index (χ1) is 12.7. The van der Waals surface area contributed by atoms with Crippen molar-refractivity contribution in [1.29, 1.82) is 0 Å². The van der Waals surface area contributed by atoms with Crippen LogP contribution in [0.15, 0.2) is 18.2 Å². The van der Waals surface area contributed by atoms with Gasteiger partial charge in [-0.25, -0.2) is 0 Å². The van der Waals surface area contributed by atoms with Gasteiger partial charge in [0.15, 0.2) is 5.82 Å². The van der Waals surface area contributed by atoms with Crippen LogP contribution in [0.1, 0.15) is 66.8 Å². The molecule has 3 nitrogen and oxygen atoms in total. The number of anilines is 2. The number of nitrogens with zero attached hydrogens (tertiary/aromatic N) is 1. The third-order valence-corrected chi connectivity index (χ3v) is 8.86. The van der Waals surface area contributed by atoms with Gasteiger partial charge in [0.1, 0.15) is 0 Å². The minimum atomic E-state index is 0.0982. The normalized spacial score (nSPS) is 28.1. The van der Waals surface area contributed by atoms with Crippen molar-refractivity contribution in [2.75, 3.05) is 5.32 Å². The van der Waals surface area contributed by atoms with Crippen molar-refractivity contribution in [3.63, 3.8) is 0 Å². The van der Waals surface area contributed by atoms with E-state index in [1.807, 2.05) is 0 Å². The quantitative estimate of drug-likeness (QED) is 0.756. The Balaban J connectivity index is 1.29. The lowest BCUT2D eigenvalue weighted by Crippen LogP contribution is -2.19. The van der Waals surface area contributed by atoms with Crippen LogP contribution in [0.25, 0.3) is 0 Å². The summed E-state index contributed by atoms with van der Waals surface area (Å²) in [6.07, 6.45) is 8.47. The van der Waals surface area contributed by atoms with E-state index in [0.717, 1.165) is 29.2 Å². The number of hydrogen-bond donors (Lipinski definition) is 2. The molecule has 3 atom stereocenters. The van der Waals surface area contributed by atoms with Crippen LogP contribution in [0.2, 0.25) is 0 Å². The molecule has 1 aromatic heterocycles. The lowest BCUT2D eigenvalue weighted by atomic mass is 9.75. The number of rotatable bonds is 4. The summed E-state index contributed by atoms with van der Waals surface area (Å²) in [4.78, 5) is 0. The molecule has 0 radical (unpaired) electrons. The highest BCUT2D eigenvalue weighted by atomic mass is 32.8. The molecule has 0 bridgehead atoms. The zero-order valence-corrected chi connectivity index (χ0v) is 17.0. The number of aromatic nitrogens is 2. The Kier molecular flexibility index (Phi) is 4.40. The fraction of sp³-hybridized carbons (Fsp3) is 0.571. The summed E-state index contributed by atoms with van der Waals surface area (Å²) in [6, 6.07) is 6.68. The first kappa shape index (κ1) is 16.9. The molecule has 0 amide bonds. The molecule has 1 aliphatic heterocycles. The average Bonchev–Trinajstić information content (AvgIpc) is 3.28. The maximum atomic E-state index is 5.54. The van der Waals surface area contributed by atoms with Gasteiger partial charge in [-0.1, -0.05) is 36.5 Å². The summed E-state index contributed by atoms with van der Waals surface area (Å²) >= 11 is 5.54. The predicted molar refractivity (Wildman–Crippen MR) is 113 cm³/mol. The molecule has 2 aromatic rings. The molecule has 26 heavy (non-hydrogen) atoms. The zero-order valence-electron chi connectivity index (χ0n) is 15.4. The van der Waals surface area contributed by atoms with Crippen molar-refractivity contribution in [3.8, 4) is 0 Å². The van der Waals surface area contributed by atoms with Crippen molar-refractivity contribution in [1.82, 2.24) is 10.2 Å². The number of H-pyrrole nitrogens is 1. The number of nitrogens with one attached hydrogen (secondary N) is 2. The summed E-state index contributed by atoms with van der Waals surface area (Å²) in [5, 5.41) is 11.4. The molecule has 2 aliphatic carbocycles. The molecule has 0 saturated heterocycles. The van der Waals surface area contributed by atoms with Gasteiger partial charge in [0, 0.05) is 34.9 Å². The Bertz CT molecular complexity index is 853. The van der Waals surface area contributed by atoms with E-state index in [9.17, 15) is 0 Å². The van der Waals surface area contributed by atoms with Gasteiger partial charge in [0.2, 0.25) is 0 Å². The molecule has 0 spiro atoms. The standard InChI is InChI=1S/C21H27N3S2/c1-13-18-12-26(25)11-17(18)7-8-19(13)22-21-10-20(23-24-21)16-6-5-15(9-16)14-3-2-4-14/h7-8,10,14-16H,2-6,9,11-12H2,1H3,(H2,22,23,24). The SMILES string of the molecule is Cc1c(Nc2cc(C3CCC(C4CCC4)C3)[nH]n2)ccc2c1CS(=S)C2. The van der Waals surface area contributed by atoms with Crippen molar-refractivity contribution >= 4 is 32.1 Å². The Morgan fingerprint density at radius 1 is 1.15 bits per heavy atom. The molecule has 2 N–H and O–H groups in total. The maximum absolute atomic E-state index is 5.54. The number of aromatic amines is 1. The highest BCUT2D eigenvalue weighted by molar-refractivity contribution is 8.28. The highest BCUT2D eigenvalue weighted by Crippen LogP contribution is 2.47. The van der Waals surface area contributed by atoms with Gasteiger partial charge >= 0.3 is 0 Å². The summed E-state index contributed by atoms with van der Waals surface area (Å²) in [5.41, 5.74) is 6.75. The minimum absolute atomic E-state index is 0.0982. The lowest BCUT2D eigenvalue weighted by Gasteiger charge is -2.31. The summed E-state index contributed by atoms with van der Waals surface area (Å²) < 4.78 is 0. The molecule has 5 rings (SSSR count). The first-order valence-corrected chi connectivity index (χ1v) is 12.4.